The lowest BCUT2D eigenvalue weighted by Crippen LogP contribution is -2.27. The first-order chi connectivity index (χ1) is 12.1. The van der Waals surface area contributed by atoms with Crippen molar-refractivity contribution in [3.8, 4) is 5.75 Å². The quantitative estimate of drug-likeness (QED) is 0.616. The Morgan fingerprint density at radius 3 is 2.52 bits per heavy atom. The Balaban J connectivity index is 1.65. The van der Waals surface area contributed by atoms with Crippen molar-refractivity contribution < 1.29 is 9.53 Å². The molecule has 0 bridgehead atoms. The number of amides is 1. The van der Waals surface area contributed by atoms with Gasteiger partial charge in [0.05, 0.1) is 12.9 Å². The van der Waals surface area contributed by atoms with Crippen LogP contribution in [0.1, 0.15) is 19.4 Å². The summed E-state index contributed by atoms with van der Waals surface area (Å²) in [6.07, 6.45) is 0.801. The molecule has 2 aromatic rings. The molecule has 0 aliphatic heterocycles. The number of benzene rings is 1. The van der Waals surface area contributed by atoms with Crippen molar-refractivity contribution in [1.82, 2.24) is 15.5 Å². The van der Waals surface area contributed by atoms with Gasteiger partial charge in [-0.3, -0.25) is 4.79 Å². The van der Waals surface area contributed by atoms with E-state index in [0.717, 1.165) is 26.6 Å². The number of rotatable bonds is 10. The van der Waals surface area contributed by atoms with Crippen LogP contribution < -0.4 is 10.1 Å². The third kappa shape index (κ3) is 7.66. The Hall–Kier alpha value is -1.25. The molecule has 0 unspecified atom stereocenters. The second-order valence-corrected chi connectivity index (χ2v) is 9.24. The van der Waals surface area contributed by atoms with Crippen molar-refractivity contribution in [2.24, 2.45) is 5.92 Å². The number of aromatic nitrogens is 2. The molecule has 0 fully saturated rings. The van der Waals surface area contributed by atoms with Crippen molar-refractivity contribution in [2.75, 3.05) is 25.2 Å². The number of hydrogen-bond acceptors (Lipinski definition) is 7. The smallest absolute Gasteiger partial charge is 0.230 e. The molecule has 0 spiro atoms. The first-order valence-corrected chi connectivity index (χ1v) is 10.8. The predicted octanol–water partition coefficient (Wildman–Crippen LogP) is 3.75. The Bertz CT molecular complexity index is 659. The van der Waals surface area contributed by atoms with Crippen molar-refractivity contribution in [1.29, 1.82) is 0 Å². The van der Waals surface area contributed by atoms with E-state index in [2.05, 4.69) is 29.4 Å². The zero-order chi connectivity index (χ0) is 18.1. The van der Waals surface area contributed by atoms with Crippen LogP contribution in [0, 0.1) is 5.92 Å². The van der Waals surface area contributed by atoms with Gasteiger partial charge in [0.15, 0.2) is 8.68 Å². The van der Waals surface area contributed by atoms with Gasteiger partial charge in [0.1, 0.15) is 5.75 Å². The average Bonchev–Trinajstić information content (AvgIpc) is 3.07. The van der Waals surface area contributed by atoms with E-state index in [1.807, 2.05) is 24.3 Å². The first kappa shape index (κ1) is 20.1. The lowest BCUT2D eigenvalue weighted by molar-refractivity contribution is -0.118. The van der Waals surface area contributed by atoms with E-state index in [1.54, 1.807) is 30.2 Å². The number of hydrogen-bond donors (Lipinski definition) is 1. The molecule has 0 aliphatic rings. The van der Waals surface area contributed by atoms with E-state index in [-0.39, 0.29) is 5.91 Å². The summed E-state index contributed by atoms with van der Waals surface area (Å²) in [6.45, 7) is 4.98. The highest BCUT2D eigenvalue weighted by Crippen LogP contribution is 2.29. The molecule has 1 aromatic heterocycles. The van der Waals surface area contributed by atoms with Crippen molar-refractivity contribution >= 4 is 40.8 Å². The number of nitrogens with zero attached hydrogens (tertiary/aromatic N) is 2. The topological polar surface area (TPSA) is 64.1 Å². The van der Waals surface area contributed by atoms with Gasteiger partial charge in [-0.05, 0) is 30.0 Å². The Kier molecular flexibility index (Phi) is 8.57. The van der Waals surface area contributed by atoms with Crippen LogP contribution >= 0.6 is 34.9 Å². The first-order valence-electron chi connectivity index (χ1n) is 8.05. The van der Waals surface area contributed by atoms with Crippen LogP contribution in [0.3, 0.4) is 0 Å². The minimum atomic E-state index is 0.0186. The Morgan fingerprint density at radius 2 is 1.88 bits per heavy atom. The molecule has 0 saturated carbocycles. The van der Waals surface area contributed by atoms with Gasteiger partial charge in [-0.15, -0.1) is 10.2 Å². The molecule has 0 aliphatic carbocycles. The third-order valence-corrected chi connectivity index (χ3v) is 6.77. The summed E-state index contributed by atoms with van der Waals surface area (Å²) >= 11 is 4.71. The highest BCUT2D eigenvalue weighted by Gasteiger charge is 2.09. The monoisotopic (exact) mass is 397 g/mol. The summed E-state index contributed by atoms with van der Waals surface area (Å²) in [6, 6.07) is 7.88. The molecule has 5 nitrogen and oxygen atoms in total. The van der Waals surface area contributed by atoms with Crippen LogP contribution in [-0.4, -0.2) is 41.3 Å². The van der Waals surface area contributed by atoms with E-state index in [0.29, 0.717) is 18.2 Å². The maximum atomic E-state index is 11.9. The predicted molar refractivity (Wildman–Crippen MR) is 106 cm³/mol. The minimum absolute atomic E-state index is 0.0186. The van der Waals surface area contributed by atoms with Crippen LogP contribution in [0.2, 0.25) is 0 Å². The standard InChI is InChI=1S/C17H23N3O2S3/c1-12(2)10-23-16-19-20-17(25-16)24-11-15(21)18-9-8-13-4-6-14(22-3)7-5-13/h4-7,12H,8-11H2,1-3H3,(H,18,21). The molecular formula is C17H23N3O2S3. The van der Waals surface area contributed by atoms with Crippen LogP contribution in [0.25, 0.3) is 0 Å². The summed E-state index contributed by atoms with van der Waals surface area (Å²) in [5, 5.41) is 11.2. The lowest BCUT2D eigenvalue weighted by atomic mass is 10.1. The van der Waals surface area contributed by atoms with Gasteiger partial charge < -0.3 is 10.1 Å². The number of carbonyl (C=O) groups excluding carboxylic acids is 1. The lowest BCUT2D eigenvalue weighted by Gasteiger charge is -2.05. The third-order valence-electron chi connectivity index (χ3n) is 3.15. The maximum Gasteiger partial charge on any atom is 0.230 e. The Labute approximate surface area is 161 Å². The molecule has 0 atom stereocenters. The number of thioether (sulfide) groups is 2. The molecule has 1 aromatic carbocycles. The van der Waals surface area contributed by atoms with Gasteiger partial charge in [-0.1, -0.05) is 60.8 Å². The molecule has 1 N–H and O–H groups in total. The van der Waals surface area contributed by atoms with E-state index < -0.39 is 0 Å². The van der Waals surface area contributed by atoms with Gasteiger partial charge in [0.25, 0.3) is 0 Å². The van der Waals surface area contributed by atoms with Crippen molar-refractivity contribution in [3.05, 3.63) is 29.8 Å². The van der Waals surface area contributed by atoms with Gasteiger partial charge in [-0.2, -0.15) is 0 Å². The second-order valence-electron chi connectivity index (χ2n) is 5.78. The van der Waals surface area contributed by atoms with Crippen LogP contribution in [0.15, 0.2) is 32.9 Å². The van der Waals surface area contributed by atoms with Crippen LogP contribution in [0.4, 0.5) is 0 Å². The molecule has 0 radical (unpaired) electrons. The molecule has 1 amide bonds. The molecule has 2 rings (SSSR count). The molecular weight excluding hydrogens is 374 g/mol. The summed E-state index contributed by atoms with van der Waals surface area (Å²) in [5.74, 6) is 2.88. The zero-order valence-electron chi connectivity index (χ0n) is 14.7. The van der Waals surface area contributed by atoms with Gasteiger partial charge in [0, 0.05) is 12.3 Å². The Morgan fingerprint density at radius 1 is 1.20 bits per heavy atom. The number of ether oxygens (including phenoxy) is 1. The van der Waals surface area contributed by atoms with Crippen molar-refractivity contribution in [2.45, 2.75) is 28.9 Å². The van der Waals surface area contributed by atoms with E-state index >= 15 is 0 Å². The fraction of sp³-hybridized carbons (Fsp3) is 0.471. The average molecular weight is 398 g/mol. The molecule has 25 heavy (non-hydrogen) atoms. The summed E-state index contributed by atoms with van der Waals surface area (Å²) in [7, 11) is 1.65. The van der Waals surface area contributed by atoms with E-state index in [9.17, 15) is 4.79 Å². The normalized spacial score (nSPS) is 10.9. The molecule has 136 valence electrons. The molecule has 1 heterocycles. The summed E-state index contributed by atoms with van der Waals surface area (Å²) in [4.78, 5) is 11.9. The van der Waals surface area contributed by atoms with Gasteiger partial charge in [0.2, 0.25) is 5.91 Å². The van der Waals surface area contributed by atoms with E-state index in [4.69, 9.17) is 4.74 Å². The number of nitrogens with one attached hydrogen (secondary N) is 1. The molecule has 8 heteroatoms. The number of methoxy groups -OCH3 is 1. The maximum absolute atomic E-state index is 11.9. The zero-order valence-corrected chi connectivity index (χ0v) is 17.1. The van der Waals surface area contributed by atoms with Gasteiger partial charge in [-0.25, -0.2) is 0 Å². The van der Waals surface area contributed by atoms with Crippen molar-refractivity contribution in [3.63, 3.8) is 0 Å². The van der Waals surface area contributed by atoms with Crippen LogP contribution in [-0.2, 0) is 11.2 Å². The molecule has 0 saturated heterocycles. The summed E-state index contributed by atoms with van der Waals surface area (Å²) < 4.78 is 6.94. The fourth-order valence-corrected chi connectivity index (χ4v) is 4.70. The van der Waals surface area contributed by atoms with Crippen LogP contribution in [0.5, 0.6) is 5.75 Å². The fourth-order valence-electron chi connectivity index (χ4n) is 1.87. The summed E-state index contributed by atoms with van der Waals surface area (Å²) in [5.41, 5.74) is 1.17. The second kappa shape index (κ2) is 10.7. The highest BCUT2D eigenvalue weighted by atomic mass is 32.2. The van der Waals surface area contributed by atoms with Gasteiger partial charge >= 0.3 is 0 Å². The minimum Gasteiger partial charge on any atom is -0.497 e. The SMILES string of the molecule is COc1ccc(CCNC(=O)CSc2nnc(SCC(C)C)s2)cc1. The van der Waals surface area contributed by atoms with E-state index in [1.165, 1.54) is 17.3 Å². The largest absolute Gasteiger partial charge is 0.497 e. The number of carbonyl (C=O) groups is 1. The highest BCUT2D eigenvalue weighted by molar-refractivity contribution is 8.03.